The lowest BCUT2D eigenvalue weighted by Crippen LogP contribution is -2.33. The van der Waals surface area contributed by atoms with E-state index in [9.17, 15) is 8.42 Å². The van der Waals surface area contributed by atoms with Crippen molar-refractivity contribution < 1.29 is 8.42 Å². The first-order valence-electron chi connectivity index (χ1n) is 6.09. The largest absolute Gasteiger partial charge is 0.242 e. The summed E-state index contributed by atoms with van der Waals surface area (Å²) in [5.41, 5.74) is 0. The van der Waals surface area contributed by atoms with Gasteiger partial charge in [0.15, 0.2) is 0 Å². The number of sulfonamides is 1. The number of nitrogens with zero attached hydrogens (tertiary/aromatic N) is 1. The highest BCUT2D eigenvalue weighted by molar-refractivity contribution is 7.89. The smallest absolute Gasteiger partial charge is 0.242 e. The monoisotopic (exact) mass is 324 g/mol. The zero-order chi connectivity index (χ0) is 14.6. The van der Waals surface area contributed by atoms with Gasteiger partial charge in [0.05, 0.1) is 5.02 Å². The van der Waals surface area contributed by atoms with Crippen molar-refractivity contribution in [2.75, 3.05) is 0 Å². The average molecular weight is 325 g/mol. The number of hydrogen-bond acceptors (Lipinski definition) is 3. The predicted molar refractivity (Wildman–Crippen MR) is 78.1 cm³/mol. The Morgan fingerprint density at radius 3 is 2.53 bits per heavy atom. The van der Waals surface area contributed by atoms with Crippen LogP contribution in [0.2, 0.25) is 10.2 Å². The van der Waals surface area contributed by atoms with E-state index in [2.05, 4.69) is 23.6 Å². The summed E-state index contributed by atoms with van der Waals surface area (Å²) in [7, 11) is -3.61. The first-order chi connectivity index (χ1) is 8.76. The van der Waals surface area contributed by atoms with E-state index in [1.165, 1.54) is 12.3 Å². The summed E-state index contributed by atoms with van der Waals surface area (Å²) in [6, 6.07) is 1.16. The third-order valence-electron chi connectivity index (χ3n) is 2.89. The third kappa shape index (κ3) is 4.91. The summed E-state index contributed by atoms with van der Waals surface area (Å²) < 4.78 is 26.9. The average Bonchev–Trinajstić information content (AvgIpc) is 2.31. The normalized spacial score (nSPS) is 15.2. The molecular weight excluding hydrogens is 307 g/mol. The lowest BCUT2D eigenvalue weighted by Gasteiger charge is -2.17. The minimum absolute atomic E-state index is 0.0258. The minimum atomic E-state index is -3.61. The van der Waals surface area contributed by atoms with E-state index in [1.807, 2.05) is 6.92 Å². The summed E-state index contributed by atoms with van der Waals surface area (Å²) in [6.45, 7) is 6.01. The molecule has 0 radical (unpaired) electrons. The molecule has 0 aliphatic rings. The molecule has 19 heavy (non-hydrogen) atoms. The van der Waals surface area contributed by atoms with Crippen molar-refractivity contribution in [1.29, 1.82) is 0 Å². The molecule has 0 amide bonds. The van der Waals surface area contributed by atoms with Crippen LogP contribution in [0, 0.1) is 5.92 Å². The van der Waals surface area contributed by atoms with Gasteiger partial charge in [-0.25, -0.2) is 18.1 Å². The molecule has 1 aromatic rings. The van der Waals surface area contributed by atoms with Crippen molar-refractivity contribution in [2.24, 2.45) is 5.92 Å². The van der Waals surface area contributed by atoms with Gasteiger partial charge in [-0.15, -0.1) is 0 Å². The number of rotatable bonds is 6. The van der Waals surface area contributed by atoms with Crippen molar-refractivity contribution in [3.63, 3.8) is 0 Å². The van der Waals surface area contributed by atoms with Crippen LogP contribution in [0.4, 0.5) is 0 Å². The van der Waals surface area contributed by atoms with E-state index in [1.54, 1.807) is 0 Å². The molecule has 0 aromatic carbocycles. The van der Waals surface area contributed by atoms with Crippen LogP contribution in [0.15, 0.2) is 17.2 Å². The molecule has 4 nitrogen and oxygen atoms in total. The maximum absolute atomic E-state index is 12.1. The molecule has 0 aliphatic carbocycles. The van der Waals surface area contributed by atoms with Crippen LogP contribution in [0.1, 0.15) is 33.6 Å². The Kier molecular flexibility index (Phi) is 6.05. The van der Waals surface area contributed by atoms with Crippen molar-refractivity contribution in [3.8, 4) is 0 Å². The van der Waals surface area contributed by atoms with Crippen LogP contribution in [-0.4, -0.2) is 19.4 Å². The Balaban J connectivity index is 2.83. The highest BCUT2D eigenvalue weighted by Crippen LogP contribution is 2.22. The molecule has 0 bridgehead atoms. The molecule has 7 heteroatoms. The van der Waals surface area contributed by atoms with Gasteiger partial charge >= 0.3 is 0 Å². The van der Waals surface area contributed by atoms with Crippen molar-refractivity contribution in [1.82, 2.24) is 9.71 Å². The van der Waals surface area contributed by atoms with E-state index < -0.39 is 10.0 Å². The molecule has 2 unspecified atom stereocenters. The van der Waals surface area contributed by atoms with Crippen LogP contribution in [0.25, 0.3) is 0 Å². The molecule has 0 saturated heterocycles. The summed E-state index contributed by atoms with van der Waals surface area (Å²) in [4.78, 5) is 3.77. The van der Waals surface area contributed by atoms with Crippen LogP contribution in [0.5, 0.6) is 0 Å². The number of hydrogen-bond donors (Lipinski definition) is 1. The maximum atomic E-state index is 12.1. The summed E-state index contributed by atoms with van der Waals surface area (Å²) >= 11 is 11.4. The summed E-state index contributed by atoms with van der Waals surface area (Å²) in [6.07, 6.45) is 3.00. The first kappa shape index (κ1) is 16.7. The van der Waals surface area contributed by atoms with E-state index >= 15 is 0 Å². The van der Waals surface area contributed by atoms with Gasteiger partial charge in [0.1, 0.15) is 10.0 Å². The Hall–Kier alpha value is -0.360. The molecule has 1 rings (SSSR count). The number of nitrogens with one attached hydrogen (secondary N) is 1. The molecule has 2 atom stereocenters. The highest BCUT2D eigenvalue weighted by atomic mass is 35.5. The van der Waals surface area contributed by atoms with Gasteiger partial charge in [0, 0.05) is 12.2 Å². The van der Waals surface area contributed by atoms with Crippen LogP contribution >= 0.6 is 23.2 Å². The van der Waals surface area contributed by atoms with Crippen molar-refractivity contribution >= 4 is 33.2 Å². The van der Waals surface area contributed by atoms with E-state index in [4.69, 9.17) is 23.2 Å². The van der Waals surface area contributed by atoms with Gasteiger partial charge in [-0.1, -0.05) is 43.5 Å². The molecule has 1 N–H and O–H groups in total. The second-order valence-corrected chi connectivity index (χ2v) is 7.19. The van der Waals surface area contributed by atoms with E-state index in [-0.39, 0.29) is 21.1 Å². The van der Waals surface area contributed by atoms with Crippen molar-refractivity contribution in [3.05, 3.63) is 22.4 Å². The summed E-state index contributed by atoms with van der Waals surface area (Å²) in [5, 5.41) is 0.215. The Morgan fingerprint density at radius 2 is 2.00 bits per heavy atom. The van der Waals surface area contributed by atoms with Crippen molar-refractivity contribution in [2.45, 2.75) is 44.6 Å². The lowest BCUT2D eigenvalue weighted by molar-refractivity contribution is 0.445. The number of halogens is 2. The zero-order valence-electron chi connectivity index (χ0n) is 11.2. The maximum Gasteiger partial charge on any atom is 0.242 e. The molecule has 1 aromatic heterocycles. The Bertz CT molecular complexity index is 535. The molecule has 0 spiro atoms. The van der Waals surface area contributed by atoms with E-state index in [0.717, 1.165) is 12.8 Å². The molecule has 108 valence electrons. The van der Waals surface area contributed by atoms with Gasteiger partial charge in [0.25, 0.3) is 0 Å². The molecular formula is C12H18Cl2N2O2S. The minimum Gasteiger partial charge on any atom is -0.242 e. The van der Waals surface area contributed by atoms with Gasteiger partial charge < -0.3 is 0 Å². The zero-order valence-corrected chi connectivity index (χ0v) is 13.5. The SMILES string of the molecule is CCC(C)CC(C)NS(=O)(=O)c1cnc(Cl)c(Cl)c1. The molecule has 0 fully saturated rings. The fourth-order valence-electron chi connectivity index (χ4n) is 1.70. The summed E-state index contributed by atoms with van der Waals surface area (Å²) in [5.74, 6) is 0.463. The van der Waals surface area contributed by atoms with E-state index in [0.29, 0.717) is 5.92 Å². The Morgan fingerprint density at radius 1 is 1.37 bits per heavy atom. The van der Waals surface area contributed by atoms with Crippen LogP contribution < -0.4 is 4.72 Å². The van der Waals surface area contributed by atoms with Crippen LogP contribution in [-0.2, 0) is 10.0 Å². The fourth-order valence-corrected chi connectivity index (χ4v) is 3.26. The molecule has 0 aliphatic heterocycles. The number of aromatic nitrogens is 1. The van der Waals surface area contributed by atoms with Crippen LogP contribution in [0.3, 0.4) is 0 Å². The standard InChI is InChI=1S/C12H18Cl2N2O2S/c1-4-8(2)5-9(3)16-19(17,18)10-6-11(13)12(14)15-7-10/h6-9,16H,4-5H2,1-3H3. The van der Waals surface area contributed by atoms with Gasteiger partial charge in [-0.3, -0.25) is 0 Å². The molecule has 0 saturated carbocycles. The fraction of sp³-hybridized carbons (Fsp3) is 0.583. The highest BCUT2D eigenvalue weighted by Gasteiger charge is 2.19. The first-order valence-corrected chi connectivity index (χ1v) is 8.33. The Labute approximate surface area is 124 Å². The van der Waals surface area contributed by atoms with Gasteiger partial charge in [-0.05, 0) is 25.3 Å². The topological polar surface area (TPSA) is 59.1 Å². The predicted octanol–water partition coefficient (Wildman–Crippen LogP) is 3.49. The number of pyridine rings is 1. The second-order valence-electron chi connectivity index (χ2n) is 4.72. The van der Waals surface area contributed by atoms with Gasteiger partial charge in [-0.2, -0.15) is 0 Å². The lowest BCUT2D eigenvalue weighted by atomic mass is 10.0. The quantitative estimate of drug-likeness (QED) is 0.815. The molecule has 1 heterocycles. The second kappa shape index (κ2) is 6.88. The third-order valence-corrected chi connectivity index (χ3v) is 5.13. The van der Waals surface area contributed by atoms with Gasteiger partial charge in [0.2, 0.25) is 10.0 Å².